The van der Waals surface area contributed by atoms with E-state index >= 15 is 0 Å². The minimum atomic E-state index is -0.0758. The van der Waals surface area contributed by atoms with E-state index < -0.39 is 0 Å². The van der Waals surface area contributed by atoms with Crippen LogP contribution in [0.2, 0.25) is 5.02 Å². The molecule has 0 saturated carbocycles. The number of aromatic nitrogens is 2. The van der Waals surface area contributed by atoms with Gasteiger partial charge in [-0.05, 0) is 36.4 Å². The zero-order valence-electron chi connectivity index (χ0n) is 14.3. The van der Waals surface area contributed by atoms with Gasteiger partial charge in [0.15, 0.2) is 0 Å². The molecule has 0 spiro atoms. The molecule has 0 fully saturated rings. The van der Waals surface area contributed by atoms with E-state index in [1.165, 1.54) is 0 Å². The molecular formula is C21H16ClN3OS. The van der Waals surface area contributed by atoms with Gasteiger partial charge in [0.25, 0.3) is 0 Å². The second-order valence-electron chi connectivity index (χ2n) is 5.98. The molecule has 1 amide bonds. The zero-order valence-corrected chi connectivity index (χ0v) is 15.9. The van der Waals surface area contributed by atoms with E-state index in [1.54, 1.807) is 11.3 Å². The average molecular weight is 394 g/mol. The van der Waals surface area contributed by atoms with Crippen molar-refractivity contribution >= 4 is 34.5 Å². The first-order valence-corrected chi connectivity index (χ1v) is 9.67. The highest BCUT2D eigenvalue weighted by Crippen LogP contribution is 2.29. The third kappa shape index (κ3) is 4.10. The number of amides is 1. The third-order valence-corrected chi connectivity index (χ3v) is 5.18. The first-order chi connectivity index (χ1) is 13.2. The normalized spacial score (nSPS) is 10.7. The summed E-state index contributed by atoms with van der Waals surface area (Å²) in [7, 11) is 0. The highest BCUT2D eigenvalue weighted by molar-refractivity contribution is 7.13. The fourth-order valence-corrected chi connectivity index (χ4v) is 3.76. The summed E-state index contributed by atoms with van der Waals surface area (Å²) in [6, 6.07) is 21.0. The second kappa shape index (κ2) is 7.78. The van der Waals surface area contributed by atoms with Crippen molar-refractivity contribution in [3.8, 4) is 22.0 Å². The third-order valence-electron chi connectivity index (χ3n) is 4.06. The van der Waals surface area contributed by atoms with Crippen LogP contribution in [0.5, 0.6) is 0 Å². The molecule has 2 heterocycles. The van der Waals surface area contributed by atoms with E-state index in [0.29, 0.717) is 5.02 Å². The SMILES string of the molecule is O=C(Cn1cccc1-c1nc(-c2ccc(Cl)cc2)cs1)Nc1ccccc1. The molecular weight excluding hydrogens is 378 g/mol. The minimum Gasteiger partial charge on any atom is -0.336 e. The Hall–Kier alpha value is -2.89. The maximum absolute atomic E-state index is 12.4. The number of hydrogen-bond acceptors (Lipinski definition) is 3. The summed E-state index contributed by atoms with van der Waals surface area (Å²) in [6.45, 7) is 0.229. The van der Waals surface area contributed by atoms with Gasteiger partial charge in [0.1, 0.15) is 11.6 Å². The smallest absolute Gasteiger partial charge is 0.244 e. The number of nitrogens with one attached hydrogen (secondary N) is 1. The Morgan fingerprint density at radius 3 is 2.59 bits per heavy atom. The van der Waals surface area contributed by atoms with Crippen LogP contribution >= 0.6 is 22.9 Å². The predicted molar refractivity (Wildman–Crippen MR) is 111 cm³/mol. The molecule has 0 radical (unpaired) electrons. The number of rotatable bonds is 5. The van der Waals surface area contributed by atoms with Crippen LogP contribution in [0, 0.1) is 0 Å². The van der Waals surface area contributed by atoms with Crippen molar-refractivity contribution in [3.63, 3.8) is 0 Å². The molecule has 0 bridgehead atoms. The van der Waals surface area contributed by atoms with Gasteiger partial charge in [-0.25, -0.2) is 4.98 Å². The second-order valence-corrected chi connectivity index (χ2v) is 7.27. The quantitative estimate of drug-likeness (QED) is 0.481. The molecule has 4 aromatic rings. The van der Waals surface area contributed by atoms with E-state index in [4.69, 9.17) is 16.6 Å². The minimum absolute atomic E-state index is 0.0758. The van der Waals surface area contributed by atoms with Gasteiger partial charge in [-0.15, -0.1) is 11.3 Å². The van der Waals surface area contributed by atoms with Crippen molar-refractivity contribution < 1.29 is 4.79 Å². The molecule has 0 aliphatic carbocycles. The Morgan fingerprint density at radius 2 is 1.81 bits per heavy atom. The maximum Gasteiger partial charge on any atom is 0.244 e. The van der Waals surface area contributed by atoms with E-state index in [-0.39, 0.29) is 12.5 Å². The maximum atomic E-state index is 12.4. The van der Waals surface area contributed by atoms with Gasteiger partial charge in [0, 0.05) is 27.9 Å². The van der Waals surface area contributed by atoms with Gasteiger partial charge in [-0.1, -0.05) is 41.9 Å². The van der Waals surface area contributed by atoms with Gasteiger partial charge >= 0.3 is 0 Å². The number of para-hydroxylation sites is 1. The summed E-state index contributed by atoms with van der Waals surface area (Å²) in [5.74, 6) is -0.0758. The fourth-order valence-electron chi connectivity index (χ4n) is 2.77. The summed E-state index contributed by atoms with van der Waals surface area (Å²) in [6.07, 6.45) is 1.89. The van der Waals surface area contributed by atoms with Crippen molar-refractivity contribution in [2.75, 3.05) is 5.32 Å². The Morgan fingerprint density at radius 1 is 1.04 bits per heavy atom. The van der Waals surface area contributed by atoms with Crippen LogP contribution in [0.15, 0.2) is 78.3 Å². The Kier molecular flexibility index (Phi) is 5.05. The lowest BCUT2D eigenvalue weighted by atomic mass is 10.2. The summed E-state index contributed by atoms with van der Waals surface area (Å²) in [4.78, 5) is 17.1. The topological polar surface area (TPSA) is 46.9 Å². The Balaban J connectivity index is 1.52. The van der Waals surface area contributed by atoms with Gasteiger partial charge in [-0.2, -0.15) is 0 Å². The molecule has 2 aromatic carbocycles. The Labute approximate surface area is 166 Å². The molecule has 2 aromatic heterocycles. The summed E-state index contributed by atoms with van der Waals surface area (Å²) < 4.78 is 1.91. The molecule has 27 heavy (non-hydrogen) atoms. The lowest BCUT2D eigenvalue weighted by Gasteiger charge is -2.08. The van der Waals surface area contributed by atoms with Crippen molar-refractivity contribution in [1.82, 2.24) is 9.55 Å². The number of carbonyl (C=O) groups excluding carboxylic acids is 1. The van der Waals surface area contributed by atoms with Crippen molar-refractivity contribution in [3.05, 3.63) is 83.3 Å². The van der Waals surface area contributed by atoms with Gasteiger partial charge in [-0.3, -0.25) is 4.79 Å². The van der Waals surface area contributed by atoms with E-state index in [1.807, 2.05) is 82.9 Å². The highest BCUT2D eigenvalue weighted by Gasteiger charge is 2.12. The van der Waals surface area contributed by atoms with E-state index in [9.17, 15) is 4.79 Å². The monoisotopic (exact) mass is 393 g/mol. The molecule has 0 aliphatic rings. The first kappa shape index (κ1) is 17.5. The number of benzene rings is 2. The molecule has 0 aliphatic heterocycles. The van der Waals surface area contributed by atoms with Gasteiger partial charge in [0.2, 0.25) is 5.91 Å². The standard InChI is InChI=1S/C21H16ClN3OS/c22-16-10-8-15(9-11-16)18-14-27-21(24-18)19-7-4-12-25(19)13-20(26)23-17-5-2-1-3-6-17/h1-12,14H,13H2,(H,23,26). The number of carbonyl (C=O) groups is 1. The average Bonchev–Trinajstić information content (AvgIpc) is 3.32. The molecule has 4 nitrogen and oxygen atoms in total. The van der Waals surface area contributed by atoms with Crippen LogP contribution in [-0.2, 0) is 11.3 Å². The summed E-state index contributed by atoms with van der Waals surface area (Å²) in [5.41, 5.74) is 3.62. The lowest BCUT2D eigenvalue weighted by molar-refractivity contribution is -0.116. The largest absolute Gasteiger partial charge is 0.336 e. The van der Waals surface area contributed by atoms with Crippen LogP contribution in [-0.4, -0.2) is 15.5 Å². The number of thiazole rings is 1. The van der Waals surface area contributed by atoms with Crippen molar-refractivity contribution in [1.29, 1.82) is 0 Å². The highest BCUT2D eigenvalue weighted by atomic mass is 35.5. The van der Waals surface area contributed by atoms with Crippen LogP contribution in [0.4, 0.5) is 5.69 Å². The molecule has 0 saturated heterocycles. The van der Waals surface area contributed by atoms with Crippen LogP contribution in [0.3, 0.4) is 0 Å². The Bertz CT molecular complexity index is 1050. The molecule has 4 rings (SSSR count). The number of hydrogen-bond donors (Lipinski definition) is 1. The molecule has 0 unspecified atom stereocenters. The summed E-state index contributed by atoms with van der Waals surface area (Å²) in [5, 5.41) is 6.49. The molecule has 1 N–H and O–H groups in total. The fraction of sp³-hybridized carbons (Fsp3) is 0.0476. The lowest BCUT2D eigenvalue weighted by Crippen LogP contribution is -2.18. The van der Waals surface area contributed by atoms with Gasteiger partial charge in [0.05, 0.1) is 11.4 Å². The molecule has 0 atom stereocenters. The molecule has 6 heteroatoms. The summed E-state index contributed by atoms with van der Waals surface area (Å²) >= 11 is 7.51. The van der Waals surface area contributed by atoms with E-state index in [0.717, 1.165) is 27.6 Å². The number of nitrogens with zero attached hydrogens (tertiary/aromatic N) is 2. The van der Waals surface area contributed by atoms with Crippen molar-refractivity contribution in [2.24, 2.45) is 0 Å². The van der Waals surface area contributed by atoms with Crippen LogP contribution in [0.25, 0.3) is 22.0 Å². The van der Waals surface area contributed by atoms with Crippen LogP contribution < -0.4 is 5.32 Å². The number of anilines is 1. The van der Waals surface area contributed by atoms with E-state index in [2.05, 4.69) is 5.32 Å². The zero-order chi connectivity index (χ0) is 18.6. The number of halogens is 1. The first-order valence-electron chi connectivity index (χ1n) is 8.41. The predicted octanol–water partition coefficient (Wildman–Crippen LogP) is 5.57. The van der Waals surface area contributed by atoms with Crippen molar-refractivity contribution in [2.45, 2.75) is 6.54 Å². The molecule has 134 valence electrons. The van der Waals surface area contributed by atoms with Crippen LogP contribution in [0.1, 0.15) is 0 Å². The van der Waals surface area contributed by atoms with Gasteiger partial charge < -0.3 is 9.88 Å².